The number of rotatable bonds is 9. The molecule has 2 N–H and O–H groups in total. The van der Waals surface area contributed by atoms with Crippen molar-refractivity contribution in [3.8, 4) is 0 Å². The molecular weight excluding hydrogens is 493 g/mol. The Bertz CT molecular complexity index is 1180. The summed E-state index contributed by atoms with van der Waals surface area (Å²) in [4.78, 5) is 25.3. The van der Waals surface area contributed by atoms with Crippen molar-refractivity contribution in [2.45, 2.75) is 45.4 Å². The number of anilines is 1. The van der Waals surface area contributed by atoms with Crippen LogP contribution in [0.4, 0.5) is 5.69 Å². The molecule has 1 heterocycles. The third-order valence-corrected chi connectivity index (χ3v) is 6.81. The van der Waals surface area contributed by atoms with Crippen molar-refractivity contribution in [1.82, 2.24) is 20.1 Å². The molecule has 1 aromatic heterocycles. The minimum atomic E-state index is -0.333. The number of aromatic nitrogens is 3. The number of hydrogen-bond acceptors (Lipinski definition) is 5. The van der Waals surface area contributed by atoms with Gasteiger partial charge in [-0.2, -0.15) is 0 Å². The van der Waals surface area contributed by atoms with E-state index in [0.717, 1.165) is 5.56 Å². The Kier molecular flexibility index (Phi) is 8.99. The summed E-state index contributed by atoms with van der Waals surface area (Å²) in [6, 6.07) is 12.0. The normalized spacial score (nSPS) is 12.0. The Labute approximate surface area is 213 Å². The summed E-state index contributed by atoms with van der Waals surface area (Å²) in [5.41, 5.74) is 2.18. The minimum Gasteiger partial charge on any atom is -0.342 e. The van der Waals surface area contributed by atoms with E-state index in [2.05, 4.69) is 20.8 Å². The monoisotopic (exact) mass is 519 g/mol. The maximum absolute atomic E-state index is 12.9. The second kappa shape index (κ2) is 11.7. The minimum absolute atomic E-state index is 0.0825. The Balaban J connectivity index is 1.71. The van der Waals surface area contributed by atoms with E-state index in [1.807, 2.05) is 50.5 Å². The van der Waals surface area contributed by atoms with Crippen LogP contribution < -0.4 is 10.6 Å². The molecule has 180 valence electrons. The number of carbonyl (C=O) groups is 2. The molecule has 0 saturated carbocycles. The number of amides is 2. The van der Waals surface area contributed by atoms with Crippen molar-refractivity contribution in [2.75, 3.05) is 11.1 Å². The molecule has 10 heteroatoms. The van der Waals surface area contributed by atoms with Crippen LogP contribution in [0.25, 0.3) is 0 Å². The van der Waals surface area contributed by atoms with Crippen molar-refractivity contribution >= 4 is 52.5 Å². The highest BCUT2D eigenvalue weighted by atomic mass is 35.5. The molecule has 0 saturated heterocycles. The number of nitrogens with one attached hydrogen (secondary N) is 2. The van der Waals surface area contributed by atoms with Gasteiger partial charge in [0, 0.05) is 17.8 Å². The van der Waals surface area contributed by atoms with Crippen LogP contribution in [0.5, 0.6) is 0 Å². The fraction of sp³-hybridized carbons (Fsp3) is 0.333. The molecular formula is C24H27Cl2N5O2S. The van der Waals surface area contributed by atoms with Gasteiger partial charge in [-0.15, -0.1) is 10.2 Å². The molecule has 3 aromatic rings. The van der Waals surface area contributed by atoms with Crippen molar-refractivity contribution in [3.05, 3.63) is 69.5 Å². The van der Waals surface area contributed by atoms with E-state index >= 15 is 0 Å². The van der Waals surface area contributed by atoms with Gasteiger partial charge in [0.2, 0.25) is 5.91 Å². The molecule has 0 bridgehead atoms. The maximum atomic E-state index is 12.9. The number of hydrogen-bond donors (Lipinski definition) is 2. The summed E-state index contributed by atoms with van der Waals surface area (Å²) < 4.78 is 1.93. The van der Waals surface area contributed by atoms with E-state index in [1.54, 1.807) is 24.3 Å². The van der Waals surface area contributed by atoms with Gasteiger partial charge in [0.25, 0.3) is 5.91 Å². The lowest BCUT2D eigenvalue weighted by atomic mass is 10.0. The standard InChI is InChI=1S/C24H27Cl2N5O2S/c1-5-31-22(21(14(2)3)28-23(33)16-8-6-7-15(4)11-16)29-30-24(31)34-13-20(32)27-17-9-10-18(25)19(26)12-17/h6-12,14,21H,5,13H2,1-4H3,(H,27,32)(H,28,33)/t21-/m0/s1. The van der Waals surface area contributed by atoms with E-state index in [1.165, 1.54) is 11.8 Å². The molecule has 0 unspecified atom stereocenters. The van der Waals surface area contributed by atoms with Gasteiger partial charge in [0.15, 0.2) is 11.0 Å². The van der Waals surface area contributed by atoms with Gasteiger partial charge in [0.05, 0.1) is 21.8 Å². The maximum Gasteiger partial charge on any atom is 0.251 e. The van der Waals surface area contributed by atoms with Crippen LogP contribution in [-0.2, 0) is 11.3 Å². The van der Waals surface area contributed by atoms with Gasteiger partial charge in [-0.05, 0) is 50.1 Å². The van der Waals surface area contributed by atoms with Crippen molar-refractivity contribution in [2.24, 2.45) is 5.92 Å². The summed E-state index contributed by atoms with van der Waals surface area (Å²) in [6.45, 7) is 8.57. The zero-order valence-corrected chi connectivity index (χ0v) is 21.8. The lowest BCUT2D eigenvalue weighted by Crippen LogP contribution is -2.33. The average molecular weight is 520 g/mol. The number of carbonyl (C=O) groups excluding carboxylic acids is 2. The lowest BCUT2D eigenvalue weighted by Gasteiger charge is -2.22. The number of aryl methyl sites for hydroxylation is 1. The first-order chi connectivity index (χ1) is 16.2. The molecule has 7 nitrogen and oxygen atoms in total. The van der Waals surface area contributed by atoms with E-state index < -0.39 is 0 Å². The van der Waals surface area contributed by atoms with E-state index in [4.69, 9.17) is 23.2 Å². The fourth-order valence-electron chi connectivity index (χ4n) is 3.38. The van der Waals surface area contributed by atoms with Crippen LogP contribution in [0, 0.1) is 12.8 Å². The van der Waals surface area contributed by atoms with Gasteiger partial charge in [0.1, 0.15) is 0 Å². The van der Waals surface area contributed by atoms with Gasteiger partial charge in [-0.3, -0.25) is 9.59 Å². The van der Waals surface area contributed by atoms with Crippen molar-refractivity contribution < 1.29 is 9.59 Å². The highest BCUT2D eigenvalue weighted by molar-refractivity contribution is 7.99. The molecule has 0 aliphatic carbocycles. The quantitative estimate of drug-likeness (QED) is 0.350. The smallest absolute Gasteiger partial charge is 0.251 e. The lowest BCUT2D eigenvalue weighted by molar-refractivity contribution is -0.113. The summed E-state index contributed by atoms with van der Waals surface area (Å²) in [6.07, 6.45) is 0. The van der Waals surface area contributed by atoms with Crippen LogP contribution in [-0.4, -0.2) is 32.3 Å². The van der Waals surface area contributed by atoms with Crippen LogP contribution in [0.3, 0.4) is 0 Å². The molecule has 2 aromatic carbocycles. The highest BCUT2D eigenvalue weighted by Crippen LogP contribution is 2.27. The van der Waals surface area contributed by atoms with E-state index in [9.17, 15) is 9.59 Å². The Morgan fingerprint density at radius 2 is 1.85 bits per heavy atom. The summed E-state index contributed by atoms with van der Waals surface area (Å²) >= 11 is 13.2. The SMILES string of the molecule is CCn1c(SCC(=O)Nc2ccc(Cl)c(Cl)c2)nnc1[C@@H](NC(=O)c1cccc(C)c1)C(C)C. The first-order valence-electron chi connectivity index (χ1n) is 10.9. The highest BCUT2D eigenvalue weighted by Gasteiger charge is 2.26. The molecule has 0 radical (unpaired) electrons. The van der Waals surface area contributed by atoms with Crippen LogP contribution >= 0.6 is 35.0 Å². The molecule has 0 aliphatic rings. The van der Waals surface area contributed by atoms with Gasteiger partial charge >= 0.3 is 0 Å². The van der Waals surface area contributed by atoms with Crippen LogP contribution in [0.1, 0.15) is 48.6 Å². The summed E-state index contributed by atoms with van der Waals surface area (Å²) in [5.74, 6) is 0.511. The fourth-order valence-corrected chi connectivity index (χ4v) is 4.48. The Morgan fingerprint density at radius 3 is 2.50 bits per heavy atom. The summed E-state index contributed by atoms with van der Waals surface area (Å²) in [7, 11) is 0. The van der Waals surface area contributed by atoms with E-state index in [0.29, 0.717) is 38.8 Å². The third-order valence-electron chi connectivity index (χ3n) is 5.11. The molecule has 34 heavy (non-hydrogen) atoms. The first-order valence-corrected chi connectivity index (χ1v) is 12.6. The topological polar surface area (TPSA) is 88.9 Å². The number of benzene rings is 2. The number of thioether (sulfide) groups is 1. The second-order valence-corrected chi connectivity index (χ2v) is 9.87. The zero-order valence-electron chi connectivity index (χ0n) is 19.4. The van der Waals surface area contributed by atoms with Crippen LogP contribution in [0.2, 0.25) is 10.0 Å². The predicted molar refractivity (Wildman–Crippen MR) is 138 cm³/mol. The molecule has 3 rings (SSSR count). The van der Waals surface area contributed by atoms with Crippen LogP contribution in [0.15, 0.2) is 47.6 Å². The Hall–Kier alpha value is -2.55. The molecule has 0 spiro atoms. The first kappa shape index (κ1) is 26.1. The van der Waals surface area contributed by atoms with Gasteiger partial charge < -0.3 is 15.2 Å². The van der Waals surface area contributed by atoms with Gasteiger partial charge in [-0.25, -0.2) is 0 Å². The molecule has 1 atom stereocenters. The third kappa shape index (κ3) is 6.52. The summed E-state index contributed by atoms with van der Waals surface area (Å²) in [5, 5.41) is 16.0. The largest absolute Gasteiger partial charge is 0.342 e. The second-order valence-electron chi connectivity index (χ2n) is 8.12. The van der Waals surface area contributed by atoms with E-state index in [-0.39, 0.29) is 29.5 Å². The number of nitrogens with zero attached hydrogens (tertiary/aromatic N) is 3. The zero-order chi connectivity index (χ0) is 24.8. The Morgan fingerprint density at radius 1 is 1.09 bits per heavy atom. The molecule has 0 fully saturated rings. The van der Waals surface area contributed by atoms with Gasteiger partial charge in [-0.1, -0.05) is 66.5 Å². The number of halogens is 2. The molecule has 2 amide bonds. The van der Waals surface area contributed by atoms with Crippen molar-refractivity contribution in [1.29, 1.82) is 0 Å². The predicted octanol–water partition coefficient (Wildman–Crippen LogP) is 5.77. The van der Waals surface area contributed by atoms with Crippen molar-refractivity contribution in [3.63, 3.8) is 0 Å². The molecule has 0 aliphatic heterocycles. The average Bonchev–Trinajstić information content (AvgIpc) is 3.20.